The minimum Gasteiger partial charge on any atom is -0.488 e. The fourth-order valence-corrected chi connectivity index (χ4v) is 1.81. The van der Waals surface area contributed by atoms with Gasteiger partial charge in [0.2, 0.25) is 11.8 Å². The van der Waals surface area contributed by atoms with Gasteiger partial charge in [-0.3, -0.25) is 9.59 Å². The summed E-state index contributed by atoms with van der Waals surface area (Å²) in [5.74, 6) is -0.257. The first kappa shape index (κ1) is 18.0. The van der Waals surface area contributed by atoms with Crippen molar-refractivity contribution in [3.8, 4) is 5.75 Å². The van der Waals surface area contributed by atoms with E-state index in [1.165, 1.54) is 0 Å². The Morgan fingerprint density at radius 3 is 2.18 bits per heavy atom. The number of primary amides is 1. The fraction of sp³-hybridized carbons (Fsp3) is 0.500. The Morgan fingerprint density at radius 2 is 1.77 bits per heavy atom. The summed E-state index contributed by atoms with van der Waals surface area (Å²) in [5.41, 5.74) is 11.4. The van der Waals surface area contributed by atoms with E-state index >= 15 is 0 Å². The van der Waals surface area contributed by atoms with Gasteiger partial charge in [0.25, 0.3) is 0 Å². The van der Waals surface area contributed by atoms with E-state index in [-0.39, 0.29) is 5.60 Å². The van der Waals surface area contributed by atoms with Gasteiger partial charge < -0.3 is 21.5 Å². The minimum atomic E-state index is -0.784. The number of rotatable bonds is 6. The highest BCUT2D eigenvalue weighted by Gasteiger charge is 2.20. The fourth-order valence-electron chi connectivity index (χ4n) is 1.81. The lowest BCUT2D eigenvalue weighted by Crippen LogP contribution is -2.50. The predicted octanol–water partition coefficient (Wildman–Crippen LogP) is 0.724. The molecule has 0 aromatic heterocycles. The van der Waals surface area contributed by atoms with Gasteiger partial charge >= 0.3 is 0 Å². The zero-order chi connectivity index (χ0) is 16.9. The lowest BCUT2D eigenvalue weighted by molar-refractivity contribution is -0.127. The second kappa shape index (κ2) is 7.26. The molecule has 6 nitrogen and oxygen atoms in total. The molecule has 0 aliphatic carbocycles. The summed E-state index contributed by atoms with van der Waals surface area (Å²) in [6.45, 7) is 7.45. The highest BCUT2D eigenvalue weighted by atomic mass is 16.5. The molecule has 1 aromatic rings. The second-order valence-electron chi connectivity index (χ2n) is 6.31. The predicted molar refractivity (Wildman–Crippen MR) is 85.3 cm³/mol. The van der Waals surface area contributed by atoms with Crippen molar-refractivity contribution in [1.82, 2.24) is 5.32 Å². The molecule has 0 saturated carbocycles. The van der Waals surface area contributed by atoms with Crippen molar-refractivity contribution in [3.63, 3.8) is 0 Å². The molecule has 0 aliphatic heterocycles. The van der Waals surface area contributed by atoms with Crippen molar-refractivity contribution in [3.05, 3.63) is 29.8 Å². The molecular weight excluding hydrogens is 282 g/mol. The number of carbonyl (C=O) groups excluding carboxylic acids is 2. The lowest BCUT2D eigenvalue weighted by Gasteiger charge is -2.21. The molecule has 0 aliphatic rings. The van der Waals surface area contributed by atoms with Gasteiger partial charge in [-0.1, -0.05) is 12.1 Å². The molecule has 2 atom stereocenters. The molecule has 1 aromatic carbocycles. The zero-order valence-electron chi connectivity index (χ0n) is 13.6. The van der Waals surface area contributed by atoms with Crippen molar-refractivity contribution in [2.24, 2.45) is 11.5 Å². The van der Waals surface area contributed by atoms with Crippen LogP contribution >= 0.6 is 0 Å². The van der Waals surface area contributed by atoms with E-state index in [1.807, 2.05) is 45.0 Å². The molecule has 0 spiro atoms. The largest absolute Gasteiger partial charge is 0.488 e. The van der Waals surface area contributed by atoms with Crippen LogP contribution in [0.25, 0.3) is 0 Å². The van der Waals surface area contributed by atoms with Gasteiger partial charge in [0.05, 0.1) is 6.04 Å². The van der Waals surface area contributed by atoms with Crippen LogP contribution in [0.1, 0.15) is 33.3 Å². The normalized spacial score (nSPS) is 14.0. The molecule has 0 fully saturated rings. The van der Waals surface area contributed by atoms with Gasteiger partial charge in [0, 0.05) is 6.42 Å². The smallest absolute Gasteiger partial charge is 0.240 e. The monoisotopic (exact) mass is 307 g/mol. The molecule has 0 unspecified atom stereocenters. The van der Waals surface area contributed by atoms with E-state index in [0.717, 1.165) is 11.3 Å². The summed E-state index contributed by atoms with van der Waals surface area (Å²) in [4.78, 5) is 23.1. The third-order valence-electron chi connectivity index (χ3n) is 2.86. The van der Waals surface area contributed by atoms with Crippen molar-refractivity contribution in [2.75, 3.05) is 0 Å². The van der Waals surface area contributed by atoms with Crippen LogP contribution in [-0.2, 0) is 16.0 Å². The van der Waals surface area contributed by atoms with Crippen LogP contribution in [0.3, 0.4) is 0 Å². The molecule has 6 heteroatoms. The molecule has 22 heavy (non-hydrogen) atoms. The Balaban J connectivity index is 2.74. The van der Waals surface area contributed by atoms with Gasteiger partial charge in [-0.05, 0) is 45.4 Å². The number of hydrogen-bond acceptors (Lipinski definition) is 4. The number of benzene rings is 1. The number of amides is 2. The maximum atomic E-state index is 11.6. The Bertz CT molecular complexity index is 518. The van der Waals surface area contributed by atoms with Crippen LogP contribution < -0.4 is 21.5 Å². The van der Waals surface area contributed by atoms with Crippen molar-refractivity contribution >= 4 is 11.8 Å². The molecular formula is C16H25N3O3. The molecule has 5 N–H and O–H groups in total. The van der Waals surface area contributed by atoms with Crippen molar-refractivity contribution in [1.29, 1.82) is 0 Å². The number of nitrogens with one attached hydrogen (secondary N) is 1. The molecule has 122 valence electrons. The average Bonchev–Trinajstić information content (AvgIpc) is 2.38. The topological polar surface area (TPSA) is 107 Å². The van der Waals surface area contributed by atoms with Crippen LogP contribution in [-0.4, -0.2) is 29.5 Å². The highest BCUT2D eigenvalue weighted by molar-refractivity contribution is 5.88. The maximum Gasteiger partial charge on any atom is 0.240 e. The number of ether oxygens (including phenoxy) is 1. The highest BCUT2D eigenvalue weighted by Crippen LogP contribution is 2.19. The maximum absolute atomic E-state index is 11.6. The SMILES string of the molecule is C[C@H](N)C(=O)N[C@@H](Cc1ccc(OC(C)(C)C)cc1)C(N)=O. The molecule has 0 saturated heterocycles. The summed E-state index contributed by atoms with van der Waals surface area (Å²) in [5, 5.41) is 2.55. The first-order valence-corrected chi connectivity index (χ1v) is 7.22. The third-order valence-corrected chi connectivity index (χ3v) is 2.86. The number of nitrogens with two attached hydrogens (primary N) is 2. The summed E-state index contributed by atoms with van der Waals surface area (Å²) in [6.07, 6.45) is 0.309. The van der Waals surface area contributed by atoms with E-state index in [0.29, 0.717) is 6.42 Å². The van der Waals surface area contributed by atoms with Crippen molar-refractivity contribution < 1.29 is 14.3 Å². The van der Waals surface area contributed by atoms with E-state index in [4.69, 9.17) is 16.2 Å². The first-order chi connectivity index (χ1) is 10.1. The number of carbonyl (C=O) groups is 2. The average molecular weight is 307 g/mol. The lowest BCUT2D eigenvalue weighted by atomic mass is 10.0. The molecule has 0 radical (unpaired) electrons. The summed E-state index contributed by atoms with van der Waals surface area (Å²) in [7, 11) is 0. The van der Waals surface area contributed by atoms with Crippen LogP contribution in [0, 0.1) is 0 Å². The molecule has 1 rings (SSSR count). The van der Waals surface area contributed by atoms with Crippen molar-refractivity contribution in [2.45, 2.75) is 51.8 Å². The number of hydrogen-bond donors (Lipinski definition) is 3. The van der Waals surface area contributed by atoms with Gasteiger partial charge in [0.15, 0.2) is 0 Å². The van der Waals surface area contributed by atoms with Crippen LogP contribution in [0.2, 0.25) is 0 Å². The molecule has 0 bridgehead atoms. The van der Waals surface area contributed by atoms with Crippen LogP contribution in [0.4, 0.5) is 0 Å². The summed E-state index contributed by atoms with van der Waals surface area (Å²) < 4.78 is 5.73. The van der Waals surface area contributed by atoms with Gasteiger partial charge in [-0.15, -0.1) is 0 Å². The van der Waals surface area contributed by atoms with Gasteiger partial charge in [0.1, 0.15) is 17.4 Å². The standard InChI is InChI=1S/C16H25N3O3/c1-10(17)15(21)19-13(14(18)20)9-11-5-7-12(8-6-11)22-16(2,3)4/h5-8,10,13H,9,17H2,1-4H3,(H2,18,20)(H,19,21)/t10-,13-/m0/s1. The van der Waals surface area contributed by atoms with E-state index in [1.54, 1.807) is 6.92 Å². The van der Waals surface area contributed by atoms with Gasteiger partial charge in [-0.25, -0.2) is 0 Å². The Kier molecular flexibility index (Phi) is 5.93. The zero-order valence-corrected chi connectivity index (χ0v) is 13.6. The van der Waals surface area contributed by atoms with E-state index in [9.17, 15) is 9.59 Å². The summed E-state index contributed by atoms with van der Waals surface area (Å²) in [6, 6.07) is 5.86. The Hall–Kier alpha value is -2.08. The van der Waals surface area contributed by atoms with E-state index in [2.05, 4.69) is 5.32 Å². The first-order valence-electron chi connectivity index (χ1n) is 7.22. The Labute approximate surface area is 131 Å². The van der Waals surface area contributed by atoms with E-state index < -0.39 is 23.9 Å². The van der Waals surface area contributed by atoms with Crippen LogP contribution in [0.5, 0.6) is 5.75 Å². The quantitative estimate of drug-likeness (QED) is 0.720. The third kappa shape index (κ3) is 6.13. The Morgan fingerprint density at radius 1 is 1.23 bits per heavy atom. The van der Waals surface area contributed by atoms with Crippen LogP contribution in [0.15, 0.2) is 24.3 Å². The summed E-state index contributed by atoms with van der Waals surface area (Å²) >= 11 is 0. The minimum absolute atomic E-state index is 0.275. The molecule has 2 amide bonds. The molecule has 0 heterocycles. The van der Waals surface area contributed by atoms with Gasteiger partial charge in [-0.2, -0.15) is 0 Å². The second-order valence-corrected chi connectivity index (χ2v) is 6.31.